The first-order valence-electron chi connectivity index (χ1n) is 4.26. The van der Waals surface area contributed by atoms with E-state index in [9.17, 15) is 0 Å². The molecule has 0 unspecified atom stereocenters. The van der Waals surface area contributed by atoms with Crippen molar-refractivity contribution in [3.8, 4) is 0 Å². The summed E-state index contributed by atoms with van der Waals surface area (Å²) in [4.78, 5) is 2.80. The fraction of sp³-hybridized carbons (Fsp3) is 0.400. The molecule has 1 rings (SSSR count). The van der Waals surface area contributed by atoms with Gasteiger partial charge >= 0.3 is 0 Å². The van der Waals surface area contributed by atoms with E-state index in [2.05, 4.69) is 16.1 Å². The molecule has 3 heteroatoms. The third kappa shape index (κ3) is 2.49. The zero-order chi connectivity index (χ0) is 9.84. The number of nitrogens with zero attached hydrogens (tertiary/aromatic N) is 3. The highest BCUT2D eigenvalue weighted by Gasteiger charge is 2.02. The lowest BCUT2D eigenvalue weighted by Gasteiger charge is -2.07. The third-order valence-electron chi connectivity index (χ3n) is 1.95. The van der Waals surface area contributed by atoms with E-state index in [0.717, 1.165) is 5.56 Å². The molecule has 0 saturated carbocycles. The largest absolute Gasteiger partial charge is 0.0862 e. The molecule has 0 heterocycles. The van der Waals surface area contributed by atoms with Gasteiger partial charge in [0.15, 0.2) is 0 Å². The Morgan fingerprint density at radius 2 is 1.77 bits per heavy atom. The summed E-state index contributed by atoms with van der Waals surface area (Å²) in [6.07, 6.45) is 0. The Morgan fingerprint density at radius 3 is 2.23 bits per heavy atom. The van der Waals surface area contributed by atoms with Gasteiger partial charge in [-0.3, -0.25) is 0 Å². The van der Waals surface area contributed by atoms with Crippen LogP contribution in [0.1, 0.15) is 29.7 Å². The molecule has 0 aliphatic heterocycles. The number of azide groups is 1. The Hall–Kier alpha value is -1.47. The first kappa shape index (κ1) is 9.62. The molecule has 0 amide bonds. The van der Waals surface area contributed by atoms with Crippen molar-refractivity contribution in [2.24, 2.45) is 5.11 Å². The van der Waals surface area contributed by atoms with Crippen LogP contribution in [0.25, 0.3) is 10.4 Å². The van der Waals surface area contributed by atoms with Crippen molar-refractivity contribution >= 4 is 0 Å². The van der Waals surface area contributed by atoms with Crippen LogP contribution < -0.4 is 0 Å². The van der Waals surface area contributed by atoms with Gasteiger partial charge in [-0.05, 0) is 24.9 Å². The van der Waals surface area contributed by atoms with Gasteiger partial charge < -0.3 is 0 Å². The second-order valence-corrected chi connectivity index (χ2v) is 3.30. The van der Waals surface area contributed by atoms with Crippen molar-refractivity contribution in [2.75, 3.05) is 0 Å². The molecule has 1 aromatic rings. The monoisotopic (exact) mass is 175 g/mol. The first-order valence-corrected chi connectivity index (χ1v) is 4.26. The lowest BCUT2D eigenvalue weighted by Crippen LogP contribution is -1.90. The molecule has 0 spiro atoms. The highest BCUT2D eigenvalue weighted by molar-refractivity contribution is 5.30. The maximum atomic E-state index is 8.29. The Labute approximate surface area is 78.0 Å². The standard InChI is InChI=1S/C10H13N3/c1-7-4-8(2)6-10(5-7)9(3)12-13-11/h4-6,9H,1-3H3/t9-/m1/s1. The van der Waals surface area contributed by atoms with Crippen LogP contribution in [0.3, 0.4) is 0 Å². The highest BCUT2D eigenvalue weighted by atomic mass is 15.1. The van der Waals surface area contributed by atoms with E-state index in [1.807, 2.05) is 32.9 Å². The van der Waals surface area contributed by atoms with E-state index in [1.165, 1.54) is 11.1 Å². The Morgan fingerprint density at radius 1 is 1.23 bits per heavy atom. The number of benzene rings is 1. The molecule has 13 heavy (non-hydrogen) atoms. The summed E-state index contributed by atoms with van der Waals surface area (Å²) >= 11 is 0. The summed E-state index contributed by atoms with van der Waals surface area (Å²) in [6, 6.07) is 6.12. The number of rotatable bonds is 2. The average Bonchev–Trinajstić information content (AvgIpc) is 2.03. The summed E-state index contributed by atoms with van der Waals surface area (Å²) in [5, 5.41) is 3.66. The molecule has 0 N–H and O–H groups in total. The molecule has 0 bridgehead atoms. The molecular formula is C10H13N3. The Kier molecular flexibility index (Phi) is 2.93. The molecule has 1 aromatic carbocycles. The lowest BCUT2D eigenvalue weighted by molar-refractivity contribution is 0.805. The van der Waals surface area contributed by atoms with Crippen LogP contribution >= 0.6 is 0 Å². The zero-order valence-electron chi connectivity index (χ0n) is 8.15. The smallest absolute Gasteiger partial charge is 0.0597 e. The summed E-state index contributed by atoms with van der Waals surface area (Å²) in [5.74, 6) is 0. The average molecular weight is 175 g/mol. The molecular weight excluding hydrogens is 162 g/mol. The zero-order valence-corrected chi connectivity index (χ0v) is 8.15. The van der Waals surface area contributed by atoms with Crippen LogP contribution in [0.4, 0.5) is 0 Å². The van der Waals surface area contributed by atoms with E-state index in [4.69, 9.17) is 5.53 Å². The summed E-state index contributed by atoms with van der Waals surface area (Å²) in [7, 11) is 0. The Bertz CT molecular complexity index is 331. The van der Waals surface area contributed by atoms with Crippen LogP contribution in [0.5, 0.6) is 0 Å². The van der Waals surface area contributed by atoms with Crippen molar-refractivity contribution in [2.45, 2.75) is 26.8 Å². The number of hydrogen-bond donors (Lipinski definition) is 0. The summed E-state index contributed by atoms with van der Waals surface area (Å²) in [5.41, 5.74) is 11.8. The molecule has 1 atom stereocenters. The molecule has 0 saturated heterocycles. The van der Waals surface area contributed by atoms with E-state index < -0.39 is 0 Å². The third-order valence-corrected chi connectivity index (χ3v) is 1.95. The van der Waals surface area contributed by atoms with E-state index in [0.29, 0.717) is 0 Å². The SMILES string of the molecule is Cc1cc(C)cc([C@@H](C)N=[N+]=[N-])c1. The van der Waals surface area contributed by atoms with Crippen LogP contribution in [0, 0.1) is 13.8 Å². The van der Waals surface area contributed by atoms with Gasteiger partial charge in [0.05, 0.1) is 6.04 Å². The van der Waals surface area contributed by atoms with Crippen molar-refractivity contribution in [1.82, 2.24) is 0 Å². The van der Waals surface area contributed by atoms with Crippen molar-refractivity contribution in [3.05, 3.63) is 45.3 Å². The fourth-order valence-electron chi connectivity index (χ4n) is 1.40. The molecule has 68 valence electrons. The van der Waals surface area contributed by atoms with E-state index in [1.54, 1.807) is 0 Å². The second kappa shape index (κ2) is 3.97. The maximum Gasteiger partial charge on any atom is 0.0597 e. The lowest BCUT2D eigenvalue weighted by atomic mass is 10.0. The fourth-order valence-corrected chi connectivity index (χ4v) is 1.40. The van der Waals surface area contributed by atoms with Gasteiger partial charge in [-0.1, -0.05) is 41.4 Å². The minimum Gasteiger partial charge on any atom is -0.0862 e. The van der Waals surface area contributed by atoms with Crippen molar-refractivity contribution in [1.29, 1.82) is 0 Å². The van der Waals surface area contributed by atoms with Gasteiger partial charge in [0.25, 0.3) is 0 Å². The van der Waals surface area contributed by atoms with Crippen LogP contribution in [0.15, 0.2) is 23.3 Å². The minimum atomic E-state index is -0.0800. The second-order valence-electron chi connectivity index (χ2n) is 3.30. The van der Waals surface area contributed by atoms with Crippen LogP contribution in [0.2, 0.25) is 0 Å². The molecule has 0 aromatic heterocycles. The first-order chi connectivity index (χ1) is 6.13. The molecule has 0 radical (unpaired) electrons. The summed E-state index contributed by atoms with van der Waals surface area (Å²) < 4.78 is 0. The highest BCUT2D eigenvalue weighted by Crippen LogP contribution is 2.19. The van der Waals surface area contributed by atoms with Gasteiger partial charge in [0.2, 0.25) is 0 Å². The maximum absolute atomic E-state index is 8.29. The predicted octanol–water partition coefficient (Wildman–Crippen LogP) is 3.67. The minimum absolute atomic E-state index is 0.0800. The van der Waals surface area contributed by atoms with E-state index >= 15 is 0 Å². The number of hydrogen-bond acceptors (Lipinski definition) is 1. The van der Waals surface area contributed by atoms with Gasteiger partial charge in [-0.2, -0.15) is 0 Å². The molecule has 0 aliphatic rings. The van der Waals surface area contributed by atoms with Gasteiger partial charge in [-0.25, -0.2) is 0 Å². The topological polar surface area (TPSA) is 48.8 Å². The van der Waals surface area contributed by atoms with Crippen LogP contribution in [-0.2, 0) is 0 Å². The molecule has 0 aliphatic carbocycles. The van der Waals surface area contributed by atoms with Gasteiger partial charge in [0, 0.05) is 4.91 Å². The Balaban J connectivity index is 3.07. The molecule has 3 nitrogen and oxygen atoms in total. The van der Waals surface area contributed by atoms with Gasteiger partial charge in [0.1, 0.15) is 0 Å². The molecule has 0 fully saturated rings. The van der Waals surface area contributed by atoms with Gasteiger partial charge in [-0.15, -0.1) is 0 Å². The quantitative estimate of drug-likeness (QED) is 0.374. The van der Waals surface area contributed by atoms with Crippen molar-refractivity contribution < 1.29 is 0 Å². The van der Waals surface area contributed by atoms with E-state index in [-0.39, 0.29) is 6.04 Å². The van der Waals surface area contributed by atoms with Crippen LogP contribution in [-0.4, -0.2) is 0 Å². The van der Waals surface area contributed by atoms with Crippen molar-refractivity contribution in [3.63, 3.8) is 0 Å². The predicted molar refractivity (Wildman–Crippen MR) is 53.5 cm³/mol. The normalized spacial score (nSPS) is 11.9. The summed E-state index contributed by atoms with van der Waals surface area (Å²) in [6.45, 7) is 5.98. The number of aryl methyl sites for hydroxylation is 2.